The first-order valence-corrected chi connectivity index (χ1v) is 3.34. The van der Waals surface area contributed by atoms with Crippen molar-refractivity contribution in [3.05, 3.63) is 0 Å². The first kappa shape index (κ1) is 8.45. The van der Waals surface area contributed by atoms with Gasteiger partial charge in [-0.05, 0) is 0 Å². The van der Waals surface area contributed by atoms with Crippen LogP contribution in [0.1, 0.15) is 6.42 Å². The van der Waals surface area contributed by atoms with Gasteiger partial charge in [0.15, 0.2) is 6.10 Å². The monoisotopic (exact) mass is 162 g/mol. The summed E-state index contributed by atoms with van der Waals surface area (Å²) < 4.78 is 4.53. The Labute approximate surface area is 63.2 Å². The number of hydrogen-bond acceptors (Lipinski definition) is 5. The fourth-order valence-corrected chi connectivity index (χ4v) is 0.988. The summed E-state index contributed by atoms with van der Waals surface area (Å²) in [5.74, 6) is -0.823. The number of carbonyl (C=O) groups excluding carboxylic acids is 1. The molecule has 0 aromatic carbocycles. The van der Waals surface area contributed by atoms with Crippen molar-refractivity contribution < 1.29 is 24.9 Å². The minimum atomic E-state index is -1.45. The maximum atomic E-state index is 10.6. The van der Waals surface area contributed by atoms with E-state index in [2.05, 4.69) is 4.74 Å². The zero-order valence-corrected chi connectivity index (χ0v) is 5.80. The van der Waals surface area contributed by atoms with Crippen LogP contribution in [-0.4, -0.2) is 46.2 Å². The predicted molar refractivity (Wildman–Crippen MR) is 33.6 cm³/mol. The molecule has 5 nitrogen and oxygen atoms in total. The highest BCUT2D eigenvalue weighted by atomic mass is 16.6. The molecular weight excluding hydrogens is 152 g/mol. The van der Waals surface area contributed by atoms with Gasteiger partial charge in [-0.15, -0.1) is 0 Å². The topological polar surface area (TPSA) is 87.0 Å². The lowest BCUT2D eigenvalue weighted by atomic mass is 10.1. The number of aliphatic hydroxyl groups is 3. The summed E-state index contributed by atoms with van der Waals surface area (Å²) >= 11 is 0. The first-order valence-electron chi connectivity index (χ1n) is 3.34. The standard InChI is InChI=1S/C6H10O5/c7-2-1-3-4(8)5(9)6(10)11-3/h3-5,7-9H,1-2H2/t3?,4-,5?/m1/s1. The number of carbonyl (C=O) groups is 1. The molecule has 1 saturated heterocycles. The van der Waals surface area contributed by atoms with E-state index in [9.17, 15) is 4.79 Å². The van der Waals surface area contributed by atoms with E-state index >= 15 is 0 Å². The summed E-state index contributed by atoms with van der Waals surface area (Å²) in [5, 5.41) is 26.3. The van der Waals surface area contributed by atoms with Crippen molar-refractivity contribution >= 4 is 5.97 Å². The Balaban J connectivity index is 2.52. The summed E-state index contributed by atoms with van der Waals surface area (Å²) in [5.41, 5.74) is 0. The Bertz CT molecular complexity index is 157. The third-order valence-corrected chi connectivity index (χ3v) is 1.63. The van der Waals surface area contributed by atoms with Crippen molar-refractivity contribution in [3.8, 4) is 0 Å². The lowest BCUT2D eigenvalue weighted by Gasteiger charge is -2.10. The van der Waals surface area contributed by atoms with Crippen LogP contribution in [0, 0.1) is 0 Å². The van der Waals surface area contributed by atoms with Gasteiger partial charge in [0.2, 0.25) is 0 Å². The molecule has 0 aromatic heterocycles. The molecule has 11 heavy (non-hydrogen) atoms. The molecule has 0 aromatic rings. The molecule has 1 heterocycles. The highest BCUT2D eigenvalue weighted by Crippen LogP contribution is 2.17. The fraction of sp³-hybridized carbons (Fsp3) is 0.833. The van der Waals surface area contributed by atoms with Gasteiger partial charge in [-0.1, -0.05) is 0 Å². The molecule has 0 saturated carbocycles. The summed E-state index contributed by atoms with van der Waals surface area (Å²) in [7, 11) is 0. The maximum absolute atomic E-state index is 10.6. The second kappa shape index (κ2) is 3.17. The van der Waals surface area contributed by atoms with E-state index < -0.39 is 24.3 Å². The van der Waals surface area contributed by atoms with Crippen LogP contribution in [-0.2, 0) is 9.53 Å². The SMILES string of the molecule is O=C1OC(CCO)[C@@H](O)C1O. The van der Waals surface area contributed by atoms with Crippen LogP contribution in [0.3, 0.4) is 0 Å². The largest absolute Gasteiger partial charge is 0.457 e. The second-order valence-electron chi connectivity index (χ2n) is 2.42. The lowest BCUT2D eigenvalue weighted by molar-refractivity contribution is -0.147. The van der Waals surface area contributed by atoms with E-state index in [-0.39, 0.29) is 13.0 Å². The van der Waals surface area contributed by atoms with Crippen molar-refractivity contribution in [2.45, 2.75) is 24.7 Å². The minimum absolute atomic E-state index is 0.157. The number of hydrogen-bond donors (Lipinski definition) is 3. The van der Waals surface area contributed by atoms with Crippen LogP contribution in [0.4, 0.5) is 0 Å². The van der Waals surface area contributed by atoms with Gasteiger partial charge in [-0.2, -0.15) is 0 Å². The van der Waals surface area contributed by atoms with Crippen LogP contribution < -0.4 is 0 Å². The molecule has 1 rings (SSSR count). The van der Waals surface area contributed by atoms with Gasteiger partial charge in [0.25, 0.3) is 0 Å². The van der Waals surface area contributed by atoms with Crippen molar-refractivity contribution in [1.82, 2.24) is 0 Å². The van der Waals surface area contributed by atoms with E-state index in [0.717, 1.165) is 0 Å². The smallest absolute Gasteiger partial charge is 0.338 e. The molecule has 1 fully saturated rings. The molecule has 64 valence electrons. The van der Waals surface area contributed by atoms with E-state index in [4.69, 9.17) is 15.3 Å². The Hall–Kier alpha value is -0.650. The van der Waals surface area contributed by atoms with Crippen molar-refractivity contribution in [3.63, 3.8) is 0 Å². The molecule has 0 amide bonds. The number of esters is 1. The zero-order valence-electron chi connectivity index (χ0n) is 5.80. The van der Waals surface area contributed by atoms with Crippen LogP contribution in [0.5, 0.6) is 0 Å². The van der Waals surface area contributed by atoms with E-state index in [1.165, 1.54) is 0 Å². The summed E-state index contributed by atoms with van der Waals surface area (Å²) in [6, 6.07) is 0. The molecule has 1 aliphatic rings. The van der Waals surface area contributed by atoms with Gasteiger partial charge in [-0.3, -0.25) is 0 Å². The molecule has 0 bridgehead atoms. The Morgan fingerprint density at radius 1 is 1.45 bits per heavy atom. The molecule has 0 radical (unpaired) electrons. The van der Waals surface area contributed by atoms with E-state index in [1.54, 1.807) is 0 Å². The summed E-state index contributed by atoms with van der Waals surface area (Å²) in [6.07, 6.45) is -3.26. The van der Waals surface area contributed by atoms with Crippen LogP contribution in [0.15, 0.2) is 0 Å². The van der Waals surface area contributed by atoms with Gasteiger partial charge >= 0.3 is 5.97 Å². The number of ether oxygens (including phenoxy) is 1. The molecule has 1 aliphatic heterocycles. The van der Waals surface area contributed by atoms with Crippen molar-refractivity contribution in [1.29, 1.82) is 0 Å². The van der Waals surface area contributed by atoms with Crippen molar-refractivity contribution in [2.75, 3.05) is 6.61 Å². The van der Waals surface area contributed by atoms with Crippen LogP contribution >= 0.6 is 0 Å². The van der Waals surface area contributed by atoms with Crippen LogP contribution in [0.25, 0.3) is 0 Å². The first-order chi connectivity index (χ1) is 5.16. The second-order valence-corrected chi connectivity index (χ2v) is 2.42. The third-order valence-electron chi connectivity index (χ3n) is 1.63. The normalized spacial score (nSPS) is 37.4. The average molecular weight is 162 g/mol. The molecule has 5 heteroatoms. The van der Waals surface area contributed by atoms with E-state index in [1.807, 2.05) is 0 Å². The molecule has 0 aliphatic carbocycles. The zero-order chi connectivity index (χ0) is 8.43. The Kier molecular flexibility index (Phi) is 2.43. The van der Waals surface area contributed by atoms with Gasteiger partial charge in [0, 0.05) is 13.0 Å². The summed E-state index contributed by atoms with van der Waals surface area (Å²) in [4.78, 5) is 10.6. The molecule has 0 spiro atoms. The highest BCUT2D eigenvalue weighted by molar-refractivity contribution is 5.77. The van der Waals surface area contributed by atoms with Gasteiger partial charge in [-0.25, -0.2) is 4.79 Å². The summed E-state index contributed by atoms with van der Waals surface area (Å²) in [6.45, 7) is -0.179. The molecule has 2 unspecified atom stereocenters. The molecule has 3 N–H and O–H groups in total. The Morgan fingerprint density at radius 3 is 2.45 bits per heavy atom. The maximum Gasteiger partial charge on any atom is 0.338 e. The van der Waals surface area contributed by atoms with Gasteiger partial charge in [0.05, 0.1) is 0 Å². The lowest BCUT2D eigenvalue weighted by Crippen LogP contribution is -2.31. The molecule has 3 atom stereocenters. The average Bonchev–Trinajstić information content (AvgIpc) is 2.19. The number of cyclic esters (lactones) is 1. The predicted octanol–water partition coefficient (Wildman–Crippen LogP) is -1.98. The third kappa shape index (κ3) is 1.50. The highest BCUT2D eigenvalue weighted by Gasteiger charge is 2.41. The fourth-order valence-electron chi connectivity index (χ4n) is 0.988. The Morgan fingerprint density at radius 2 is 2.09 bits per heavy atom. The molecular formula is C6H10O5. The minimum Gasteiger partial charge on any atom is -0.457 e. The number of aliphatic hydroxyl groups excluding tert-OH is 3. The van der Waals surface area contributed by atoms with Gasteiger partial charge < -0.3 is 20.1 Å². The van der Waals surface area contributed by atoms with Gasteiger partial charge in [0.1, 0.15) is 12.2 Å². The van der Waals surface area contributed by atoms with E-state index in [0.29, 0.717) is 0 Å². The quantitative estimate of drug-likeness (QED) is 0.409. The van der Waals surface area contributed by atoms with Crippen LogP contribution in [0.2, 0.25) is 0 Å². The number of rotatable bonds is 2. The van der Waals surface area contributed by atoms with Crippen molar-refractivity contribution in [2.24, 2.45) is 0 Å².